The first kappa shape index (κ1) is 21.1. The topological polar surface area (TPSA) is 87.3 Å². The number of carbonyl (C=O) groups excluding carboxylic acids is 1. The van der Waals surface area contributed by atoms with Gasteiger partial charge in [0.1, 0.15) is 0 Å². The minimum atomic E-state index is -3.58. The molecule has 1 amide bonds. The summed E-state index contributed by atoms with van der Waals surface area (Å²) in [6, 6.07) is 14.9. The monoisotopic (exact) mass is 389 g/mol. The standard InChI is InChI=1S/C20H27N3O3S/c1-14(2)20(16-8-6-5-7-9-16)22-13-19(24)23-17-11-10-15(3)18(12-17)27(25,26)21-4/h5-12,14,20-22H,13H2,1-4H3,(H,23,24)/t20-/m1/s1. The number of hydrogen-bond acceptors (Lipinski definition) is 4. The van der Waals surface area contributed by atoms with E-state index in [1.807, 2.05) is 30.3 Å². The van der Waals surface area contributed by atoms with Gasteiger partial charge in [-0.3, -0.25) is 4.79 Å². The molecule has 0 bridgehead atoms. The van der Waals surface area contributed by atoms with Gasteiger partial charge in [0.25, 0.3) is 0 Å². The first-order valence-electron chi connectivity index (χ1n) is 8.87. The summed E-state index contributed by atoms with van der Waals surface area (Å²) in [5, 5.41) is 6.04. The van der Waals surface area contributed by atoms with Crippen LogP contribution in [0.3, 0.4) is 0 Å². The molecule has 27 heavy (non-hydrogen) atoms. The summed E-state index contributed by atoms with van der Waals surface area (Å²) in [4.78, 5) is 12.5. The van der Waals surface area contributed by atoms with Gasteiger partial charge in [-0.1, -0.05) is 50.2 Å². The van der Waals surface area contributed by atoms with E-state index in [9.17, 15) is 13.2 Å². The molecule has 0 saturated heterocycles. The summed E-state index contributed by atoms with van der Waals surface area (Å²) in [5.41, 5.74) is 2.18. The normalized spacial score (nSPS) is 12.8. The van der Waals surface area contributed by atoms with Gasteiger partial charge >= 0.3 is 0 Å². The zero-order valence-corrected chi connectivity index (χ0v) is 16.9. The van der Waals surface area contributed by atoms with E-state index in [2.05, 4.69) is 29.2 Å². The summed E-state index contributed by atoms with van der Waals surface area (Å²) in [6.07, 6.45) is 0. The molecule has 2 rings (SSSR count). The number of rotatable bonds is 8. The van der Waals surface area contributed by atoms with Gasteiger partial charge in [0.2, 0.25) is 15.9 Å². The molecule has 0 spiro atoms. The lowest BCUT2D eigenvalue weighted by Gasteiger charge is -2.22. The number of amides is 1. The molecule has 1 atom stereocenters. The Hall–Kier alpha value is -2.22. The van der Waals surface area contributed by atoms with Crippen LogP contribution in [0.25, 0.3) is 0 Å². The van der Waals surface area contributed by atoms with Gasteiger partial charge in [0.15, 0.2) is 0 Å². The van der Waals surface area contributed by atoms with E-state index < -0.39 is 10.0 Å². The van der Waals surface area contributed by atoms with Crippen LogP contribution in [0.2, 0.25) is 0 Å². The molecule has 0 fully saturated rings. The maximum Gasteiger partial charge on any atom is 0.240 e. The van der Waals surface area contributed by atoms with Crippen LogP contribution in [-0.4, -0.2) is 27.9 Å². The lowest BCUT2D eigenvalue weighted by Crippen LogP contribution is -2.33. The molecule has 6 nitrogen and oxygen atoms in total. The third kappa shape index (κ3) is 5.63. The van der Waals surface area contributed by atoms with Gasteiger partial charge in [0, 0.05) is 11.7 Å². The van der Waals surface area contributed by atoms with E-state index in [0.29, 0.717) is 17.2 Å². The second-order valence-electron chi connectivity index (χ2n) is 6.75. The number of anilines is 1. The Balaban J connectivity index is 2.06. The number of sulfonamides is 1. The fraction of sp³-hybridized carbons (Fsp3) is 0.350. The Morgan fingerprint density at radius 2 is 1.74 bits per heavy atom. The predicted octanol–water partition coefficient (Wildman–Crippen LogP) is 2.83. The molecule has 0 aromatic heterocycles. The second-order valence-corrected chi connectivity index (χ2v) is 8.60. The summed E-state index contributed by atoms with van der Waals surface area (Å²) in [5.74, 6) is 0.0835. The van der Waals surface area contributed by atoms with Crippen molar-refractivity contribution in [3.63, 3.8) is 0 Å². The number of benzene rings is 2. The molecule has 0 radical (unpaired) electrons. The van der Waals surface area contributed by atoms with Gasteiger partial charge in [-0.25, -0.2) is 13.1 Å². The maximum atomic E-state index is 12.3. The van der Waals surface area contributed by atoms with Crippen LogP contribution in [0.5, 0.6) is 0 Å². The van der Waals surface area contributed by atoms with E-state index in [0.717, 1.165) is 5.56 Å². The second kappa shape index (κ2) is 9.12. The number of carbonyl (C=O) groups is 1. The molecule has 0 saturated carbocycles. The number of nitrogens with one attached hydrogen (secondary N) is 3. The van der Waals surface area contributed by atoms with Crippen LogP contribution in [-0.2, 0) is 14.8 Å². The zero-order valence-electron chi connectivity index (χ0n) is 16.1. The van der Waals surface area contributed by atoms with E-state index in [-0.39, 0.29) is 23.4 Å². The van der Waals surface area contributed by atoms with Crippen molar-refractivity contribution in [2.24, 2.45) is 5.92 Å². The van der Waals surface area contributed by atoms with Gasteiger partial charge < -0.3 is 10.6 Å². The summed E-state index contributed by atoms with van der Waals surface area (Å²) < 4.78 is 26.4. The van der Waals surface area contributed by atoms with Gasteiger partial charge in [-0.15, -0.1) is 0 Å². The fourth-order valence-corrected chi connectivity index (χ4v) is 3.88. The van der Waals surface area contributed by atoms with Crippen LogP contribution >= 0.6 is 0 Å². The third-order valence-corrected chi connectivity index (χ3v) is 5.89. The first-order chi connectivity index (χ1) is 12.7. The van der Waals surface area contributed by atoms with Crippen molar-refractivity contribution in [1.82, 2.24) is 10.0 Å². The summed E-state index contributed by atoms with van der Waals surface area (Å²) in [7, 11) is -2.22. The first-order valence-corrected chi connectivity index (χ1v) is 10.4. The number of aryl methyl sites for hydroxylation is 1. The molecule has 0 unspecified atom stereocenters. The van der Waals surface area contributed by atoms with Gasteiger partial charge in [-0.2, -0.15) is 0 Å². The van der Waals surface area contributed by atoms with Crippen LogP contribution in [0.4, 0.5) is 5.69 Å². The average molecular weight is 390 g/mol. The molecule has 0 aliphatic carbocycles. The van der Waals surface area contributed by atoms with Gasteiger partial charge in [0.05, 0.1) is 11.4 Å². The van der Waals surface area contributed by atoms with Crippen molar-refractivity contribution in [2.45, 2.75) is 31.7 Å². The molecule has 3 N–H and O–H groups in total. The van der Waals surface area contributed by atoms with Gasteiger partial charge in [-0.05, 0) is 43.1 Å². The zero-order chi connectivity index (χ0) is 20.0. The van der Waals surface area contributed by atoms with Crippen molar-refractivity contribution < 1.29 is 13.2 Å². The molecule has 0 heterocycles. The molecular formula is C20H27N3O3S. The van der Waals surface area contributed by atoms with Crippen molar-refractivity contribution in [1.29, 1.82) is 0 Å². The lowest BCUT2D eigenvalue weighted by molar-refractivity contribution is -0.115. The average Bonchev–Trinajstić information content (AvgIpc) is 2.64. The Morgan fingerprint density at radius 3 is 2.33 bits per heavy atom. The quantitative estimate of drug-likeness (QED) is 0.648. The minimum absolute atomic E-state index is 0.0511. The Kier molecular flexibility index (Phi) is 7.12. The smallest absolute Gasteiger partial charge is 0.240 e. The third-order valence-electron chi connectivity index (χ3n) is 4.34. The van der Waals surface area contributed by atoms with Crippen molar-refractivity contribution in [3.05, 3.63) is 59.7 Å². The molecule has 2 aromatic rings. The molecular weight excluding hydrogens is 362 g/mol. The lowest BCUT2D eigenvalue weighted by atomic mass is 9.96. The highest BCUT2D eigenvalue weighted by Crippen LogP contribution is 2.22. The number of hydrogen-bond donors (Lipinski definition) is 3. The molecule has 7 heteroatoms. The largest absolute Gasteiger partial charge is 0.325 e. The SMILES string of the molecule is CNS(=O)(=O)c1cc(NC(=O)CN[C@@H](c2ccccc2)C(C)C)ccc1C. The highest BCUT2D eigenvalue weighted by Gasteiger charge is 2.18. The Labute approximate surface area is 161 Å². The Bertz CT molecular complexity index is 881. The van der Waals surface area contributed by atoms with E-state index in [4.69, 9.17) is 0 Å². The van der Waals surface area contributed by atoms with Crippen LogP contribution in [0.1, 0.15) is 31.0 Å². The summed E-state index contributed by atoms with van der Waals surface area (Å²) >= 11 is 0. The Morgan fingerprint density at radius 1 is 1.07 bits per heavy atom. The van der Waals surface area contributed by atoms with Crippen LogP contribution in [0.15, 0.2) is 53.4 Å². The maximum absolute atomic E-state index is 12.3. The van der Waals surface area contributed by atoms with Crippen molar-refractivity contribution in [2.75, 3.05) is 18.9 Å². The molecule has 2 aromatic carbocycles. The highest BCUT2D eigenvalue weighted by molar-refractivity contribution is 7.89. The minimum Gasteiger partial charge on any atom is -0.325 e. The fourth-order valence-electron chi connectivity index (χ4n) is 2.88. The van der Waals surface area contributed by atoms with Crippen molar-refractivity contribution in [3.8, 4) is 0 Å². The molecule has 0 aliphatic rings. The van der Waals surface area contributed by atoms with E-state index in [1.54, 1.807) is 19.1 Å². The molecule has 0 aliphatic heterocycles. The summed E-state index contributed by atoms with van der Waals surface area (Å²) in [6.45, 7) is 6.03. The van der Waals surface area contributed by atoms with Crippen LogP contribution in [0, 0.1) is 12.8 Å². The van der Waals surface area contributed by atoms with Crippen LogP contribution < -0.4 is 15.4 Å². The highest BCUT2D eigenvalue weighted by atomic mass is 32.2. The van der Waals surface area contributed by atoms with Crippen molar-refractivity contribution >= 4 is 21.6 Å². The molecule has 146 valence electrons. The van der Waals surface area contributed by atoms with E-state index >= 15 is 0 Å². The van der Waals surface area contributed by atoms with E-state index in [1.165, 1.54) is 13.1 Å². The predicted molar refractivity (Wildman–Crippen MR) is 108 cm³/mol.